The van der Waals surface area contributed by atoms with Gasteiger partial charge in [-0.3, -0.25) is 4.79 Å². The maximum absolute atomic E-state index is 12.7. The zero-order valence-corrected chi connectivity index (χ0v) is 13.8. The quantitative estimate of drug-likeness (QED) is 0.877. The van der Waals surface area contributed by atoms with Crippen LogP contribution >= 0.6 is 0 Å². The van der Waals surface area contributed by atoms with Gasteiger partial charge in [-0.05, 0) is 36.2 Å². The molecule has 1 aliphatic rings. The van der Waals surface area contributed by atoms with Crippen molar-refractivity contribution in [2.75, 3.05) is 17.3 Å². The predicted octanol–water partition coefficient (Wildman–Crippen LogP) is 3.21. The Morgan fingerprint density at radius 2 is 1.88 bits per heavy atom. The second-order valence-corrected chi connectivity index (χ2v) is 5.74. The van der Waals surface area contributed by atoms with Gasteiger partial charge in [0.1, 0.15) is 6.04 Å². The van der Waals surface area contributed by atoms with Gasteiger partial charge in [-0.25, -0.2) is 4.79 Å². The number of benzene rings is 2. The second-order valence-electron chi connectivity index (χ2n) is 5.74. The van der Waals surface area contributed by atoms with Gasteiger partial charge in [0.2, 0.25) is 5.91 Å². The van der Waals surface area contributed by atoms with Gasteiger partial charge >= 0.3 is 5.97 Å². The van der Waals surface area contributed by atoms with Gasteiger partial charge < -0.3 is 15.0 Å². The molecule has 1 atom stereocenters. The minimum absolute atomic E-state index is 0.0632. The van der Waals surface area contributed by atoms with Crippen LogP contribution in [-0.2, 0) is 16.1 Å². The summed E-state index contributed by atoms with van der Waals surface area (Å²) in [5.74, 6) is -0.301. The largest absolute Gasteiger partial charge is 0.465 e. The lowest BCUT2D eigenvalue weighted by atomic mass is 10.0. The van der Waals surface area contributed by atoms with Gasteiger partial charge in [0.05, 0.1) is 30.6 Å². The molecule has 3 rings (SSSR count). The van der Waals surface area contributed by atoms with E-state index in [1.807, 2.05) is 43.3 Å². The van der Waals surface area contributed by atoms with E-state index in [9.17, 15) is 9.59 Å². The third-order valence-electron chi connectivity index (χ3n) is 4.21. The molecule has 1 N–H and O–H groups in total. The van der Waals surface area contributed by atoms with E-state index in [1.165, 1.54) is 7.11 Å². The summed E-state index contributed by atoms with van der Waals surface area (Å²) >= 11 is 0. The number of fused-ring (bicyclic) bond motifs is 1. The molecule has 2 aromatic rings. The first-order chi connectivity index (χ1) is 11.6. The van der Waals surface area contributed by atoms with Crippen LogP contribution in [0.3, 0.4) is 0 Å². The molecule has 0 bridgehead atoms. The average Bonchev–Trinajstić information content (AvgIpc) is 2.63. The number of methoxy groups -OCH3 is 1. The fraction of sp³-hybridized carbons (Fsp3) is 0.263. The maximum atomic E-state index is 12.7. The first-order valence-electron chi connectivity index (χ1n) is 7.98. The SMILES string of the molecule is CCC1Nc2ccccc2N(Cc2ccc(C(=O)OC)cc2)C1=O. The Balaban J connectivity index is 1.88. The monoisotopic (exact) mass is 324 g/mol. The van der Waals surface area contributed by atoms with Crippen molar-refractivity contribution in [3.63, 3.8) is 0 Å². The van der Waals surface area contributed by atoms with Crippen molar-refractivity contribution < 1.29 is 14.3 Å². The standard InChI is InChI=1S/C19H20N2O3/c1-3-15-18(22)21(17-7-5-4-6-16(17)20-15)12-13-8-10-14(11-9-13)19(23)24-2/h4-11,15,20H,3,12H2,1-2H3. The number of para-hydroxylation sites is 2. The topological polar surface area (TPSA) is 58.6 Å². The molecule has 0 saturated heterocycles. The van der Waals surface area contributed by atoms with Gasteiger partial charge in [0.25, 0.3) is 0 Å². The van der Waals surface area contributed by atoms with Crippen LogP contribution in [0.1, 0.15) is 29.3 Å². The first kappa shape index (κ1) is 16.1. The minimum atomic E-state index is -0.365. The van der Waals surface area contributed by atoms with E-state index in [-0.39, 0.29) is 17.9 Å². The summed E-state index contributed by atoms with van der Waals surface area (Å²) in [4.78, 5) is 26.1. The molecule has 5 nitrogen and oxygen atoms in total. The lowest BCUT2D eigenvalue weighted by Crippen LogP contribution is -2.46. The summed E-state index contributed by atoms with van der Waals surface area (Å²) in [5.41, 5.74) is 3.31. The molecule has 1 amide bonds. The van der Waals surface area contributed by atoms with Crippen molar-refractivity contribution in [1.29, 1.82) is 0 Å². The van der Waals surface area contributed by atoms with E-state index in [1.54, 1.807) is 17.0 Å². The average molecular weight is 324 g/mol. The number of amides is 1. The van der Waals surface area contributed by atoms with E-state index >= 15 is 0 Å². The van der Waals surface area contributed by atoms with Crippen molar-refractivity contribution in [2.45, 2.75) is 25.9 Å². The van der Waals surface area contributed by atoms with Crippen LogP contribution in [0.2, 0.25) is 0 Å². The predicted molar refractivity (Wildman–Crippen MR) is 93.1 cm³/mol. The Labute approximate surface area is 141 Å². The molecule has 2 aromatic carbocycles. The second kappa shape index (κ2) is 6.74. The molecular formula is C19H20N2O3. The maximum Gasteiger partial charge on any atom is 0.337 e. The Hall–Kier alpha value is -2.82. The van der Waals surface area contributed by atoms with E-state index in [2.05, 4.69) is 5.32 Å². The highest BCUT2D eigenvalue weighted by Gasteiger charge is 2.30. The summed E-state index contributed by atoms with van der Waals surface area (Å²) in [7, 11) is 1.36. The number of carbonyl (C=O) groups excluding carboxylic acids is 2. The van der Waals surface area contributed by atoms with Crippen LogP contribution in [0.4, 0.5) is 11.4 Å². The fourth-order valence-corrected chi connectivity index (χ4v) is 2.87. The van der Waals surface area contributed by atoms with Crippen molar-refractivity contribution in [3.05, 3.63) is 59.7 Å². The van der Waals surface area contributed by atoms with E-state index in [0.29, 0.717) is 12.1 Å². The third-order valence-corrected chi connectivity index (χ3v) is 4.21. The molecule has 1 unspecified atom stereocenters. The molecule has 0 aliphatic carbocycles. The Morgan fingerprint density at radius 1 is 1.17 bits per heavy atom. The zero-order valence-electron chi connectivity index (χ0n) is 13.8. The van der Waals surface area contributed by atoms with Crippen LogP contribution < -0.4 is 10.2 Å². The number of rotatable bonds is 4. The lowest BCUT2D eigenvalue weighted by Gasteiger charge is -2.35. The molecule has 24 heavy (non-hydrogen) atoms. The number of hydrogen-bond acceptors (Lipinski definition) is 4. The first-order valence-corrected chi connectivity index (χ1v) is 7.98. The number of ether oxygens (including phenoxy) is 1. The number of hydrogen-bond donors (Lipinski definition) is 1. The van der Waals surface area contributed by atoms with E-state index in [4.69, 9.17) is 4.74 Å². The molecule has 0 fully saturated rings. The summed E-state index contributed by atoms with van der Waals surface area (Å²) in [6.07, 6.45) is 0.727. The smallest absolute Gasteiger partial charge is 0.337 e. The molecule has 5 heteroatoms. The number of anilines is 2. The normalized spacial score (nSPS) is 16.3. The third kappa shape index (κ3) is 2.97. The van der Waals surface area contributed by atoms with Crippen LogP contribution in [0, 0.1) is 0 Å². The van der Waals surface area contributed by atoms with Gasteiger partial charge in [-0.1, -0.05) is 31.2 Å². The lowest BCUT2D eigenvalue weighted by molar-refractivity contribution is -0.119. The minimum Gasteiger partial charge on any atom is -0.465 e. The highest BCUT2D eigenvalue weighted by atomic mass is 16.5. The van der Waals surface area contributed by atoms with E-state index < -0.39 is 0 Å². The van der Waals surface area contributed by atoms with Crippen molar-refractivity contribution in [3.8, 4) is 0 Å². The summed E-state index contributed by atoms with van der Waals surface area (Å²) in [6, 6.07) is 14.7. The van der Waals surface area contributed by atoms with E-state index in [0.717, 1.165) is 23.4 Å². The fourth-order valence-electron chi connectivity index (χ4n) is 2.87. The van der Waals surface area contributed by atoms with Gasteiger partial charge in [-0.15, -0.1) is 0 Å². The molecule has 1 heterocycles. The van der Waals surface area contributed by atoms with Crippen molar-refractivity contribution in [1.82, 2.24) is 0 Å². The summed E-state index contributed by atoms with van der Waals surface area (Å²) in [5, 5.41) is 3.29. The number of esters is 1. The molecule has 1 aliphatic heterocycles. The summed E-state index contributed by atoms with van der Waals surface area (Å²) in [6.45, 7) is 2.46. The highest BCUT2D eigenvalue weighted by molar-refractivity contribution is 6.04. The number of carbonyl (C=O) groups is 2. The molecular weight excluding hydrogens is 304 g/mol. The van der Waals surface area contributed by atoms with Gasteiger partial charge in [-0.2, -0.15) is 0 Å². The molecule has 0 aromatic heterocycles. The van der Waals surface area contributed by atoms with Crippen LogP contribution in [0.15, 0.2) is 48.5 Å². The van der Waals surface area contributed by atoms with Crippen molar-refractivity contribution >= 4 is 23.3 Å². The molecule has 0 radical (unpaired) electrons. The Morgan fingerprint density at radius 3 is 2.54 bits per heavy atom. The molecule has 124 valence electrons. The Bertz CT molecular complexity index is 755. The number of nitrogens with zero attached hydrogens (tertiary/aromatic N) is 1. The van der Waals surface area contributed by atoms with Gasteiger partial charge in [0, 0.05) is 0 Å². The molecule has 0 spiro atoms. The van der Waals surface area contributed by atoms with Crippen LogP contribution in [-0.4, -0.2) is 25.0 Å². The van der Waals surface area contributed by atoms with Gasteiger partial charge in [0.15, 0.2) is 0 Å². The summed E-state index contributed by atoms with van der Waals surface area (Å²) < 4.78 is 4.71. The zero-order chi connectivity index (χ0) is 17.1. The highest BCUT2D eigenvalue weighted by Crippen LogP contribution is 2.33. The van der Waals surface area contributed by atoms with Crippen LogP contribution in [0.25, 0.3) is 0 Å². The Kier molecular flexibility index (Phi) is 4.51. The van der Waals surface area contributed by atoms with Crippen LogP contribution in [0.5, 0.6) is 0 Å². The van der Waals surface area contributed by atoms with Crippen molar-refractivity contribution in [2.24, 2.45) is 0 Å². The number of nitrogens with one attached hydrogen (secondary N) is 1. The molecule has 0 saturated carbocycles.